The molecule has 0 bridgehead atoms. The van der Waals surface area contributed by atoms with Crippen molar-refractivity contribution in [2.45, 2.75) is 58.4 Å². The molecule has 1 atom stereocenters. The first-order chi connectivity index (χ1) is 10.1. The van der Waals surface area contributed by atoms with E-state index < -0.39 is 5.54 Å². The molecule has 1 aromatic carbocycles. The zero-order valence-electron chi connectivity index (χ0n) is 13.9. The van der Waals surface area contributed by atoms with Crippen LogP contribution in [0.25, 0.3) is 0 Å². The van der Waals surface area contributed by atoms with E-state index in [1.807, 2.05) is 12.1 Å². The summed E-state index contributed by atoms with van der Waals surface area (Å²) in [6.07, 6.45) is 5.13. The molecule has 2 nitrogen and oxygen atoms in total. The predicted molar refractivity (Wildman–Crippen MR) is 88.8 cm³/mol. The summed E-state index contributed by atoms with van der Waals surface area (Å²) in [5.41, 5.74) is 6.76. The monoisotopic (exact) mass is 294 g/mol. The van der Waals surface area contributed by atoms with Crippen molar-refractivity contribution >= 4 is 0 Å². The SMILES string of the molecule is CCCCC(N)(CN(CCC)CCC)c1ccccc1F. The molecule has 0 saturated heterocycles. The van der Waals surface area contributed by atoms with Crippen LogP contribution in [0.15, 0.2) is 24.3 Å². The minimum absolute atomic E-state index is 0.177. The number of halogens is 1. The van der Waals surface area contributed by atoms with Crippen molar-refractivity contribution in [3.05, 3.63) is 35.6 Å². The van der Waals surface area contributed by atoms with E-state index in [4.69, 9.17) is 5.73 Å². The lowest BCUT2D eigenvalue weighted by Gasteiger charge is -2.36. The van der Waals surface area contributed by atoms with Gasteiger partial charge in [0.05, 0.1) is 5.54 Å². The Labute approximate surface area is 129 Å². The fraction of sp³-hybridized carbons (Fsp3) is 0.667. The first-order valence-corrected chi connectivity index (χ1v) is 8.33. The van der Waals surface area contributed by atoms with E-state index in [2.05, 4.69) is 25.7 Å². The van der Waals surface area contributed by atoms with Gasteiger partial charge in [-0.15, -0.1) is 0 Å². The molecular formula is C18H31FN2. The maximum atomic E-state index is 14.2. The topological polar surface area (TPSA) is 29.3 Å². The Bertz CT molecular complexity index is 402. The first kappa shape index (κ1) is 18.1. The van der Waals surface area contributed by atoms with Crippen molar-refractivity contribution in [1.82, 2.24) is 4.90 Å². The van der Waals surface area contributed by atoms with Crippen molar-refractivity contribution in [1.29, 1.82) is 0 Å². The fourth-order valence-electron chi connectivity index (χ4n) is 2.96. The highest BCUT2D eigenvalue weighted by Crippen LogP contribution is 2.28. The van der Waals surface area contributed by atoms with E-state index in [0.29, 0.717) is 5.56 Å². The maximum absolute atomic E-state index is 14.2. The predicted octanol–water partition coefficient (Wildman–Crippen LogP) is 4.29. The molecule has 0 aliphatic carbocycles. The van der Waals surface area contributed by atoms with Crippen LogP contribution in [0.5, 0.6) is 0 Å². The zero-order valence-corrected chi connectivity index (χ0v) is 13.9. The van der Waals surface area contributed by atoms with Gasteiger partial charge in [0.15, 0.2) is 0 Å². The van der Waals surface area contributed by atoms with Gasteiger partial charge >= 0.3 is 0 Å². The van der Waals surface area contributed by atoms with Crippen molar-refractivity contribution < 1.29 is 4.39 Å². The van der Waals surface area contributed by atoms with Crippen LogP contribution in [0.3, 0.4) is 0 Å². The van der Waals surface area contributed by atoms with Crippen LogP contribution in [0.2, 0.25) is 0 Å². The van der Waals surface area contributed by atoms with Gasteiger partial charge in [-0.25, -0.2) is 4.39 Å². The van der Waals surface area contributed by atoms with Crippen LogP contribution in [-0.4, -0.2) is 24.5 Å². The van der Waals surface area contributed by atoms with Crippen molar-refractivity contribution in [2.24, 2.45) is 5.73 Å². The van der Waals surface area contributed by atoms with E-state index in [1.165, 1.54) is 6.07 Å². The van der Waals surface area contributed by atoms with Crippen LogP contribution < -0.4 is 5.73 Å². The summed E-state index contributed by atoms with van der Waals surface area (Å²) >= 11 is 0. The number of unbranched alkanes of at least 4 members (excludes halogenated alkanes) is 1. The second kappa shape index (κ2) is 9.16. The molecule has 3 heteroatoms. The maximum Gasteiger partial charge on any atom is 0.128 e. The van der Waals surface area contributed by atoms with E-state index >= 15 is 0 Å². The summed E-state index contributed by atoms with van der Waals surface area (Å²) in [6, 6.07) is 6.98. The molecular weight excluding hydrogens is 263 g/mol. The molecule has 0 aliphatic heterocycles. The van der Waals surface area contributed by atoms with Gasteiger partial charge in [-0.05, 0) is 38.4 Å². The normalized spacial score (nSPS) is 14.4. The van der Waals surface area contributed by atoms with Crippen molar-refractivity contribution in [3.63, 3.8) is 0 Å². The molecule has 21 heavy (non-hydrogen) atoms. The number of rotatable bonds is 10. The van der Waals surface area contributed by atoms with Crippen molar-refractivity contribution in [2.75, 3.05) is 19.6 Å². The van der Waals surface area contributed by atoms with Crippen LogP contribution in [-0.2, 0) is 5.54 Å². The molecule has 0 fully saturated rings. The molecule has 0 radical (unpaired) electrons. The summed E-state index contributed by atoms with van der Waals surface area (Å²) < 4.78 is 14.2. The van der Waals surface area contributed by atoms with Gasteiger partial charge in [0.1, 0.15) is 5.82 Å². The molecule has 0 heterocycles. The summed E-state index contributed by atoms with van der Waals surface area (Å²) in [6.45, 7) is 9.28. The van der Waals surface area contributed by atoms with E-state index in [-0.39, 0.29) is 5.82 Å². The quantitative estimate of drug-likeness (QED) is 0.697. The Morgan fingerprint density at radius 1 is 1.05 bits per heavy atom. The largest absolute Gasteiger partial charge is 0.320 e. The lowest BCUT2D eigenvalue weighted by molar-refractivity contribution is 0.194. The second-order valence-electron chi connectivity index (χ2n) is 6.02. The number of hydrogen-bond donors (Lipinski definition) is 1. The zero-order chi connectivity index (χ0) is 15.7. The average Bonchev–Trinajstić information content (AvgIpc) is 2.46. The summed E-state index contributed by atoms with van der Waals surface area (Å²) in [7, 11) is 0. The Kier molecular flexibility index (Phi) is 7.91. The summed E-state index contributed by atoms with van der Waals surface area (Å²) in [5, 5.41) is 0. The molecule has 0 aliphatic rings. The third kappa shape index (κ3) is 5.40. The average molecular weight is 294 g/mol. The van der Waals surface area contributed by atoms with Crippen LogP contribution in [0.1, 0.15) is 58.4 Å². The Morgan fingerprint density at radius 3 is 2.19 bits per heavy atom. The molecule has 0 saturated carbocycles. The lowest BCUT2D eigenvalue weighted by atomic mass is 9.84. The summed E-state index contributed by atoms with van der Waals surface area (Å²) in [5.74, 6) is -0.177. The molecule has 2 N–H and O–H groups in total. The summed E-state index contributed by atoms with van der Waals surface area (Å²) in [4.78, 5) is 2.38. The molecule has 1 rings (SSSR count). The minimum atomic E-state index is -0.592. The smallest absolute Gasteiger partial charge is 0.128 e. The molecule has 0 spiro atoms. The third-order valence-electron chi connectivity index (χ3n) is 3.97. The number of benzene rings is 1. The second-order valence-corrected chi connectivity index (χ2v) is 6.02. The minimum Gasteiger partial charge on any atom is -0.320 e. The fourth-order valence-corrected chi connectivity index (χ4v) is 2.96. The van der Waals surface area contributed by atoms with Gasteiger partial charge in [0, 0.05) is 12.1 Å². The highest BCUT2D eigenvalue weighted by atomic mass is 19.1. The van der Waals surface area contributed by atoms with Gasteiger partial charge in [-0.1, -0.05) is 51.8 Å². The molecule has 120 valence electrons. The van der Waals surface area contributed by atoms with Crippen LogP contribution in [0.4, 0.5) is 4.39 Å². The molecule has 1 unspecified atom stereocenters. The van der Waals surface area contributed by atoms with Gasteiger partial charge in [-0.3, -0.25) is 0 Å². The molecule has 0 amide bonds. The van der Waals surface area contributed by atoms with Gasteiger partial charge in [-0.2, -0.15) is 0 Å². The highest BCUT2D eigenvalue weighted by Gasteiger charge is 2.31. The van der Waals surface area contributed by atoms with Crippen LogP contribution in [0, 0.1) is 5.82 Å². The van der Waals surface area contributed by atoms with E-state index in [9.17, 15) is 4.39 Å². The Balaban J connectivity index is 2.99. The molecule has 1 aromatic rings. The van der Waals surface area contributed by atoms with Gasteiger partial charge in [0.25, 0.3) is 0 Å². The first-order valence-electron chi connectivity index (χ1n) is 8.33. The standard InChI is InChI=1S/C18H31FN2/c1-4-7-12-18(20,15-21(13-5-2)14-6-3)16-10-8-9-11-17(16)19/h8-11H,4-7,12-15,20H2,1-3H3. The van der Waals surface area contributed by atoms with Gasteiger partial charge in [0.2, 0.25) is 0 Å². The van der Waals surface area contributed by atoms with E-state index in [0.717, 1.165) is 51.7 Å². The highest BCUT2D eigenvalue weighted by molar-refractivity contribution is 5.26. The van der Waals surface area contributed by atoms with Crippen LogP contribution >= 0.6 is 0 Å². The van der Waals surface area contributed by atoms with Gasteiger partial charge < -0.3 is 10.6 Å². The third-order valence-corrected chi connectivity index (χ3v) is 3.97. The number of hydrogen-bond acceptors (Lipinski definition) is 2. The molecule has 0 aromatic heterocycles. The Morgan fingerprint density at radius 2 is 1.67 bits per heavy atom. The Hall–Kier alpha value is -0.930. The van der Waals surface area contributed by atoms with Crippen molar-refractivity contribution in [3.8, 4) is 0 Å². The van der Waals surface area contributed by atoms with E-state index in [1.54, 1.807) is 6.07 Å². The number of nitrogens with two attached hydrogens (primary N) is 1. The number of nitrogens with zero attached hydrogens (tertiary/aromatic N) is 1. The lowest BCUT2D eigenvalue weighted by Crippen LogP contribution is -2.48.